The normalized spacial score (nSPS) is 14.0. The van der Waals surface area contributed by atoms with Crippen LogP contribution >= 0.6 is 0 Å². The van der Waals surface area contributed by atoms with Crippen molar-refractivity contribution < 1.29 is 18.0 Å². The van der Waals surface area contributed by atoms with Crippen molar-refractivity contribution in [3.63, 3.8) is 0 Å². The third-order valence-electron chi connectivity index (χ3n) is 4.48. The van der Waals surface area contributed by atoms with E-state index in [1.165, 1.54) is 12.3 Å². The highest BCUT2D eigenvalue weighted by molar-refractivity contribution is 5.84. The summed E-state index contributed by atoms with van der Waals surface area (Å²) in [5.41, 5.74) is 1.52. The SMILES string of the molecule is O=C(Cn1ccc2ncc(-c3ccc(F)c(F)c3F)cc21)N1CCC1. The minimum Gasteiger partial charge on any atom is -0.341 e. The third kappa shape index (κ3) is 2.65. The zero-order chi connectivity index (χ0) is 17.6. The number of aromatic nitrogens is 2. The molecule has 1 saturated heterocycles. The van der Waals surface area contributed by atoms with Gasteiger partial charge in [0.15, 0.2) is 17.5 Å². The smallest absolute Gasteiger partial charge is 0.242 e. The number of benzene rings is 1. The minimum atomic E-state index is -1.51. The molecule has 1 aromatic carbocycles. The van der Waals surface area contributed by atoms with Crippen molar-refractivity contribution >= 4 is 16.9 Å². The Hall–Kier alpha value is -2.83. The van der Waals surface area contributed by atoms with Crippen LogP contribution in [0.4, 0.5) is 13.2 Å². The van der Waals surface area contributed by atoms with Crippen LogP contribution in [-0.4, -0.2) is 33.4 Å². The molecule has 7 heteroatoms. The summed E-state index contributed by atoms with van der Waals surface area (Å²) in [5.74, 6) is -4.00. The van der Waals surface area contributed by atoms with E-state index in [9.17, 15) is 18.0 Å². The van der Waals surface area contributed by atoms with Crippen LogP contribution in [0.2, 0.25) is 0 Å². The Balaban J connectivity index is 1.73. The van der Waals surface area contributed by atoms with E-state index in [-0.39, 0.29) is 18.0 Å². The summed E-state index contributed by atoms with van der Waals surface area (Å²) in [7, 11) is 0. The zero-order valence-corrected chi connectivity index (χ0v) is 13.2. The maximum Gasteiger partial charge on any atom is 0.242 e. The molecule has 0 saturated carbocycles. The molecular weight excluding hydrogens is 331 g/mol. The Labute approximate surface area is 141 Å². The van der Waals surface area contributed by atoms with Crippen LogP contribution in [0.3, 0.4) is 0 Å². The molecule has 0 radical (unpaired) electrons. The van der Waals surface area contributed by atoms with Crippen molar-refractivity contribution in [3.8, 4) is 11.1 Å². The molecule has 128 valence electrons. The Morgan fingerprint density at radius 1 is 1.12 bits per heavy atom. The molecule has 0 unspecified atom stereocenters. The third-order valence-corrected chi connectivity index (χ3v) is 4.48. The number of carbonyl (C=O) groups excluding carboxylic acids is 1. The quantitative estimate of drug-likeness (QED) is 0.683. The fourth-order valence-corrected chi connectivity index (χ4v) is 2.91. The zero-order valence-electron chi connectivity index (χ0n) is 13.2. The Morgan fingerprint density at radius 2 is 1.92 bits per heavy atom. The van der Waals surface area contributed by atoms with Crippen LogP contribution in [0.25, 0.3) is 22.2 Å². The van der Waals surface area contributed by atoms with Crippen LogP contribution in [0.15, 0.2) is 36.7 Å². The van der Waals surface area contributed by atoms with Gasteiger partial charge in [0.25, 0.3) is 0 Å². The molecule has 3 aromatic rings. The Morgan fingerprint density at radius 3 is 2.64 bits per heavy atom. The average Bonchev–Trinajstić information content (AvgIpc) is 2.93. The van der Waals surface area contributed by atoms with Crippen molar-refractivity contribution in [2.45, 2.75) is 13.0 Å². The molecule has 0 aliphatic carbocycles. The highest BCUT2D eigenvalue weighted by Gasteiger charge is 2.21. The van der Waals surface area contributed by atoms with Gasteiger partial charge in [-0.15, -0.1) is 0 Å². The van der Waals surface area contributed by atoms with E-state index in [4.69, 9.17) is 0 Å². The minimum absolute atomic E-state index is 0.00756. The highest BCUT2D eigenvalue weighted by atomic mass is 19.2. The molecule has 0 N–H and O–H groups in total. The number of hydrogen-bond donors (Lipinski definition) is 0. The molecule has 1 aliphatic heterocycles. The van der Waals surface area contributed by atoms with E-state index >= 15 is 0 Å². The number of pyridine rings is 1. The van der Waals surface area contributed by atoms with Gasteiger partial charge < -0.3 is 9.47 Å². The van der Waals surface area contributed by atoms with Crippen LogP contribution in [0.1, 0.15) is 6.42 Å². The first-order valence-corrected chi connectivity index (χ1v) is 7.91. The van der Waals surface area contributed by atoms with Gasteiger partial charge >= 0.3 is 0 Å². The first-order chi connectivity index (χ1) is 12.0. The number of carbonyl (C=O) groups is 1. The largest absolute Gasteiger partial charge is 0.341 e. The maximum atomic E-state index is 14.0. The summed E-state index contributed by atoms with van der Waals surface area (Å²) in [4.78, 5) is 18.2. The molecule has 25 heavy (non-hydrogen) atoms. The summed E-state index contributed by atoms with van der Waals surface area (Å²) >= 11 is 0. The van der Waals surface area contributed by atoms with Crippen molar-refractivity contribution in [2.24, 2.45) is 0 Å². The van der Waals surface area contributed by atoms with Gasteiger partial charge in [0.2, 0.25) is 5.91 Å². The standard InChI is InChI=1S/C18H14F3N3O/c19-13-3-2-12(17(20)18(13)21)11-8-15-14(22-9-11)4-7-24(15)10-16(25)23-5-1-6-23/h2-4,7-9H,1,5-6,10H2. The number of likely N-dealkylation sites (tertiary alicyclic amines) is 1. The lowest BCUT2D eigenvalue weighted by atomic mass is 10.1. The molecule has 4 nitrogen and oxygen atoms in total. The fourth-order valence-electron chi connectivity index (χ4n) is 2.91. The first kappa shape index (κ1) is 15.7. The molecule has 0 bridgehead atoms. The number of rotatable bonds is 3. The van der Waals surface area contributed by atoms with Gasteiger partial charge in [0.1, 0.15) is 6.54 Å². The molecular formula is C18H14F3N3O. The van der Waals surface area contributed by atoms with Crippen LogP contribution < -0.4 is 0 Å². The van der Waals surface area contributed by atoms with E-state index < -0.39 is 17.5 Å². The number of fused-ring (bicyclic) bond motifs is 1. The number of amides is 1. The second-order valence-electron chi connectivity index (χ2n) is 6.03. The van der Waals surface area contributed by atoms with Crippen molar-refractivity contribution in [1.82, 2.24) is 14.5 Å². The summed E-state index contributed by atoms with van der Waals surface area (Å²) in [6, 6.07) is 5.44. The van der Waals surface area contributed by atoms with Gasteiger partial charge in [0.05, 0.1) is 11.0 Å². The van der Waals surface area contributed by atoms with Gasteiger partial charge in [-0.05, 0) is 30.7 Å². The van der Waals surface area contributed by atoms with E-state index in [0.29, 0.717) is 16.6 Å². The molecule has 1 fully saturated rings. The predicted molar refractivity (Wildman–Crippen MR) is 86.2 cm³/mol. The van der Waals surface area contributed by atoms with E-state index in [1.54, 1.807) is 27.8 Å². The van der Waals surface area contributed by atoms with Gasteiger partial charge in [-0.1, -0.05) is 0 Å². The number of halogens is 3. The molecule has 1 amide bonds. The molecule has 4 rings (SSSR count). The molecule has 3 heterocycles. The number of hydrogen-bond acceptors (Lipinski definition) is 2. The van der Waals surface area contributed by atoms with E-state index in [0.717, 1.165) is 25.6 Å². The Kier molecular flexibility index (Phi) is 3.71. The Bertz CT molecular complexity index is 979. The van der Waals surface area contributed by atoms with Gasteiger partial charge in [-0.3, -0.25) is 9.78 Å². The van der Waals surface area contributed by atoms with Crippen LogP contribution in [-0.2, 0) is 11.3 Å². The average molecular weight is 345 g/mol. The first-order valence-electron chi connectivity index (χ1n) is 7.91. The van der Waals surface area contributed by atoms with Crippen LogP contribution in [0, 0.1) is 17.5 Å². The van der Waals surface area contributed by atoms with E-state index in [1.807, 2.05) is 0 Å². The second kappa shape index (κ2) is 5.91. The lowest BCUT2D eigenvalue weighted by Crippen LogP contribution is -2.43. The molecule has 0 atom stereocenters. The van der Waals surface area contributed by atoms with E-state index in [2.05, 4.69) is 4.98 Å². The summed E-state index contributed by atoms with van der Waals surface area (Å²) in [6.45, 7) is 1.69. The topological polar surface area (TPSA) is 38.1 Å². The maximum absolute atomic E-state index is 14.0. The van der Waals surface area contributed by atoms with Crippen LogP contribution in [0.5, 0.6) is 0 Å². The lowest BCUT2D eigenvalue weighted by Gasteiger charge is -2.31. The summed E-state index contributed by atoms with van der Waals surface area (Å²) in [5, 5.41) is 0. The fraction of sp³-hybridized carbons (Fsp3) is 0.222. The lowest BCUT2D eigenvalue weighted by molar-refractivity contribution is -0.135. The highest BCUT2D eigenvalue weighted by Crippen LogP contribution is 2.28. The summed E-state index contributed by atoms with van der Waals surface area (Å²) < 4.78 is 42.4. The molecule has 1 aliphatic rings. The number of nitrogens with zero attached hydrogens (tertiary/aromatic N) is 3. The van der Waals surface area contributed by atoms with Crippen molar-refractivity contribution in [1.29, 1.82) is 0 Å². The molecule has 0 spiro atoms. The van der Waals surface area contributed by atoms with Crippen molar-refractivity contribution in [3.05, 3.63) is 54.1 Å². The second-order valence-corrected chi connectivity index (χ2v) is 6.03. The van der Waals surface area contributed by atoms with Crippen molar-refractivity contribution in [2.75, 3.05) is 13.1 Å². The predicted octanol–water partition coefficient (Wildman–Crippen LogP) is 3.35. The van der Waals surface area contributed by atoms with Gasteiger partial charge in [-0.25, -0.2) is 13.2 Å². The van der Waals surface area contributed by atoms with Gasteiger partial charge in [0, 0.05) is 36.6 Å². The molecule has 2 aromatic heterocycles. The monoisotopic (exact) mass is 345 g/mol. The summed E-state index contributed by atoms with van der Waals surface area (Å²) in [6.07, 6.45) is 4.15. The van der Waals surface area contributed by atoms with Gasteiger partial charge in [-0.2, -0.15) is 0 Å².